The van der Waals surface area contributed by atoms with Gasteiger partial charge in [-0.2, -0.15) is 5.10 Å². The first-order valence-electron chi connectivity index (χ1n) is 10.7. The monoisotopic (exact) mass is 409 g/mol. The molecule has 4 rings (SSSR count). The van der Waals surface area contributed by atoms with E-state index in [0.717, 1.165) is 35.0 Å². The third-order valence-electron chi connectivity index (χ3n) is 5.61. The van der Waals surface area contributed by atoms with Crippen molar-refractivity contribution in [3.05, 3.63) is 107 Å². The van der Waals surface area contributed by atoms with Crippen LogP contribution < -0.4 is 5.43 Å². The van der Waals surface area contributed by atoms with Gasteiger partial charge < -0.3 is 4.57 Å². The quantitative estimate of drug-likeness (QED) is 0.329. The number of hydrazone groups is 1. The van der Waals surface area contributed by atoms with Crippen LogP contribution in [0.1, 0.15) is 34.7 Å². The predicted octanol–water partition coefficient (Wildman–Crippen LogP) is 5.25. The van der Waals surface area contributed by atoms with E-state index in [2.05, 4.69) is 83.7 Å². The van der Waals surface area contributed by atoms with Crippen LogP contribution in [-0.2, 0) is 24.2 Å². The summed E-state index contributed by atoms with van der Waals surface area (Å²) in [4.78, 5) is 12.3. The number of carbonyl (C=O) groups is 1. The zero-order valence-electron chi connectivity index (χ0n) is 18.0. The molecule has 0 fully saturated rings. The number of amides is 1. The van der Waals surface area contributed by atoms with Gasteiger partial charge in [0, 0.05) is 29.2 Å². The van der Waals surface area contributed by atoms with Crippen LogP contribution in [-0.4, -0.2) is 16.7 Å². The molecule has 1 aromatic heterocycles. The predicted molar refractivity (Wildman–Crippen MR) is 127 cm³/mol. The van der Waals surface area contributed by atoms with Crippen molar-refractivity contribution in [2.45, 2.75) is 33.2 Å². The molecule has 0 aliphatic carbocycles. The number of aromatic nitrogens is 1. The molecule has 0 spiro atoms. The van der Waals surface area contributed by atoms with Gasteiger partial charge in [-0.1, -0.05) is 73.7 Å². The van der Waals surface area contributed by atoms with Gasteiger partial charge in [-0.15, -0.1) is 0 Å². The lowest BCUT2D eigenvalue weighted by Gasteiger charge is -2.08. The van der Waals surface area contributed by atoms with Crippen molar-refractivity contribution in [3.63, 3.8) is 0 Å². The van der Waals surface area contributed by atoms with E-state index >= 15 is 0 Å². The van der Waals surface area contributed by atoms with Crippen LogP contribution in [0.2, 0.25) is 0 Å². The van der Waals surface area contributed by atoms with Crippen LogP contribution in [0, 0.1) is 6.92 Å². The number of aryl methyl sites for hydroxylation is 2. The second-order valence-electron chi connectivity index (χ2n) is 7.80. The summed E-state index contributed by atoms with van der Waals surface area (Å²) < 4.78 is 2.23. The number of para-hydroxylation sites is 1. The Morgan fingerprint density at radius 3 is 2.45 bits per heavy atom. The number of nitrogens with zero attached hydrogens (tertiary/aromatic N) is 2. The second kappa shape index (κ2) is 9.43. The third kappa shape index (κ3) is 4.92. The number of hydrogen-bond donors (Lipinski definition) is 1. The Hall–Kier alpha value is -3.66. The summed E-state index contributed by atoms with van der Waals surface area (Å²) in [5.74, 6) is -0.121. The summed E-state index contributed by atoms with van der Waals surface area (Å²) in [6.45, 7) is 5.05. The van der Waals surface area contributed by atoms with Gasteiger partial charge in [-0.25, -0.2) is 5.43 Å². The van der Waals surface area contributed by atoms with Crippen molar-refractivity contribution < 1.29 is 4.79 Å². The van der Waals surface area contributed by atoms with E-state index < -0.39 is 0 Å². The van der Waals surface area contributed by atoms with Crippen molar-refractivity contribution in [1.82, 2.24) is 9.99 Å². The molecule has 1 amide bonds. The molecule has 31 heavy (non-hydrogen) atoms. The van der Waals surface area contributed by atoms with Gasteiger partial charge in [0.25, 0.3) is 0 Å². The molecule has 4 nitrogen and oxygen atoms in total. The Morgan fingerprint density at radius 1 is 0.968 bits per heavy atom. The molecular weight excluding hydrogens is 382 g/mol. The van der Waals surface area contributed by atoms with Crippen molar-refractivity contribution in [2.24, 2.45) is 5.10 Å². The van der Waals surface area contributed by atoms with Gasteiger partial charge in [0.15, 0.2) is 0 Å². The van der Waals surface area contributed by atoms with Crippen LogP contribution >= 0.6 is 0 Å². The van der Waals surface area contributed by atoms with Crippen molar-refractivity contribution in [3.8, 4) is 0 Å². The van der Waals surface area contributed by atoms with Gasteiger partial charge in [0.1, 0.15) is 0 Å². The highest BCUT2D eigenvalue weighted by Gasteiger charge is 2.08. The average molecular weight is 410 g/mol. The van der Waals surface area contributed by atoms with E-state index in [1.165, 1.54) is 16.7 Å². The minimum Gasteiger partial charge on any atom is -0.342 e. The SMILES string of the molecule is CCc1ccc(CC(=O)N/N=C\c2cn(Cc3ccccc3C)c3ccccc23)cc1. The average Bonchev–Trinajstić information content (AvgIpc) is 3.13. The fourth-order valence-corrected chi connectivity index (χ4v) is 3.77. The largest absolute Gasteiger partial charge is 0.342 e. The van der Waals surface area contributed by atoms with E-state index in [9.17, 15) is 4.79 Å². The normalized spacial score (nSPS) is 11.3. The molecular formula is C27H27N3O. The van der Waals surface area contributed by atoms with Crippen LogP contribution in [0.15, 0.2) is 84.1 Å². The maximum absolute atomic E-state index is 12.3. The zero-order chi connectivity index (χ0) is 21.6. The highest BCUT2D eigenvalue weighted by molar-refractivity contribution is 5.99. The van der Waals surface area contributed by atoms with Crippen LogP contribution in [0.3, 0.4) is 0 Å². The van der Waals surface area contributed by atoms with E-state index in [1.54, 1.807) is 6.21 Å². The first-order valence-corrected chi connectivity index (χ1v) is 10.7. The molecule has 0 radical (unpaired) electrons. The van der Waals surface area contributed by atoms with Gasteiger partial charge in [0.05, 0.1) is 12.6 Å². The molecule has 0 saturated heterocycles. The number of benzene rings is 3. The molecule has 3 aromatic carbocycles. The van der Waals surface area contributed by atoms with Crippen LogP contribution in [0.5, 0.6) is 0 Å². The van der Waals surface area contributed by atoms with Crippen LogP contribution in [0.25, 0.3) is 10.9 Å². The number of fused-ring (bicyclic) bond motifs is 1. The summed E-state index contributed by atoms with van der Waals surface area (Å²) in [5.41, 5.74) is 9.61. The standard InChI is InChI=1S/C27H27N3O/c1-3-21-12-14-22(15-13-21)16-27(31)29-28-17-24-19-30(26-11-7-6-10-25(24)26)18-23-9-5-4-8-20(23)2/h4-15,17,19H,3,16,18H2,1-2H3,(H,29,31)/b28-17-. The molecule has 4 heteroatoms. The lowest BCUT2D eigenvalue weighted by molar-refractivity contribution is -0.120. The smallest absolute Gasteiger partial charge is 0.244 e. The molecule has 1 heterocycles. The Morgan fingerprint density at radius 2 is 1.68 bits per heavy atom. The molecule has 0 aliphatic heterocycles. The molecule has 0 saturated carbocycles. The maximum Gasteiger partial charge on any atom is 0.244 e. The van der Waals surface area contributed by atoms with Gasteiger partial charge in [-0.05, 0) is 41.7 Å². The molecule has 0 bridgehead atoms. The molecule has 0 aliphatic rings. The fraction of sp³-hybridized carbons (Fsp3) is 0.185. The molecule has 156 valence electrons. The minimum atomic E-state index is -0.121. The lowest BCUT2D eigenvalue weighted by Crippen LogP contribution is -2.19. The van der Waals surface area contributed by atoms with Crippen LogP contribution in [0.4, 0.5) is 0 Å². The number of hydrogen-bond acceptors (Lipinski definition) is 2. The summed E-state index contributed by atoms with van der Waals surface area (Å²) in [5, 5.41) is 5.34. The Kier molecular flexibility index (Phi) is 6.27. The topological polar surface area (TPSA) is 46.4 Å². The first-order chi connectivity index (χ1) is 15.1. The summed E-state index contributed by atoms with van der Waals surface area (Å²) in [6.07, 6.45) is 5.13. The Labute approximate surface area is 183 Å². The van der Waals surface area contributed by atoms with E-state index in [4.69, 9.17) is 0 Å². The van der Waals surface area contributed by atoms with Crippen molar-refractivity contribution in [1.29, 1.82) is 0 Å². The molecule has 1 N–H and O–H groups in total. The second-order valence-corrected chi connectivity index (χ2v) is 7.80. The highest BCUT2D eigenvalue weighted by Crippen LogP contribution is 2.22. The maximum atomic E-state index is 12.3. The molecule has 0 atom stereocenters. The number of nitrogens with one attached hydrogen (secondary N) is 1. The Bertz CT molecular complexity index is 1220. The van der Waals surface area contributed by atoms with E-state index in [1.807, 2.05) is 24.3 Å². The summed E-state index contributed by atoms with van der Waals surface area (Å²) >= 11 is 0. The lowest BCUT2D eigenvalue weighted by atomic mass is 10.1. The van der Waals surface area contributed by atoms with E-state index in [0.29, 0.717) is 6.42 Å². The highest BCUT2D eigenvalue weighted by atomic mass is 16.2. The Balaban J connectivity index is 1.48. The zero-order valence-corrected chi connectivity index (χ0v) is 18.0. The van der Waals surface area contributed by atoms with Crippen molar-refractivity contribution in [2.75, 3.05) is 0 Å². The first kappa shape index (κ1) is 20.6. The minimum absolute atomic E-state index is 0.121. The molecule has 0 unspecified atom stereocenters. The van der Waals surface area contributed by atoms with Crippen molar-refractivity contribution >= 4 is 23.0 Å². The van der Waals surface area contributed by atoms with Gasteiger partial charge >= 0.3 is 0 Å². The molecule has 4 aromatic rings. The van der Waals surface area contributed by atoms with E-state index in [-0.39, 0.29) is 5.91 Å². The van der Waals surface area contributed by atoms with Gasteiger partial charge in [-0.3, -0.25) is 4.79 Å². The number of carbonyl (C=O) groups excluding carboxylic acids is 1. The third-order valence-corrected chi connectivity index (χ3v) is 5.61. The van der Waals surface area contributed by atoms with Gasteiger partial charge in [0.2, 0.25) is 5.91 Å². The summed E-state index contributed by atoms with van der Waals surface area (Å²) in [6, 6.07) is 24.8. The fourth-order valence-electron chi connectivity index (χ4n) is 3.77. The summed E-state index contributed by atoms with van der Waals surface area (Å²) in [7, 11) is 0. The number of rotatable bonds is 7.